The maximum Gasteiger partial charge on any atom is 0.179 e. The first kappa shape index (κ1) is 13.2. The third-order valence-corrected chi connectivity index (χ3v) is 3.81. The van der Waals surface area contributed by atoms with Gasteiger partial charge in [-0.2, -0.15) is 0 Å². The molecular weight excluding hydrogens is 318 g/mol. The maximum atomic E-state index is 12.3. The van der Waals surface area contributed by atoms with Crippen LogP contribution in [-0.4, -0.2) is 18.4 Å². The number of anilines is 1. The minimum Gasteiger partial charge on any atom is -0.479 e. The number of carbonyl (C=O) groups is 1. The molecule has 1 aliphatic rings. The molecular formula is C16H14BrNO2. The van der Waals surface area contributed by atoms with E-state index in [9.17, 15) is 4.79 Å². The Labute approximate surface area is 126 Å². The highest BCUT2D eigenvalue weighted by Gasteiger charge is 2.25. The summed E-state index contributed by atoms with van der Waals surface area (Å²) in [5, 5.41) is 3.24. The first-order valence-electron chi connectivity index (χ1n) is 6.49. The summed E-state index contributed by atoms with van der Waals surface area (Å²) in [5.41, 5.74) is 1.95. The van der Waals surface area contributed by atoms with Crippen molar-refractivity contribution in [3.63, 3.8) is 0 Å². The molecule has 0 spiro atoms. The minimum atomic E-state index is -0.423. The van der Waals surface area contributed by atoms with Crippen LogP contribution >= 0.6 is 15.9 Å². The van der Waals surface area contributed by atoms with Crippen molar-refractivity contribution in [2.24, 2.45) is 0 Å². The van der Waals surface area contributed by atoms with E-state index in [2.05, 4.69) is 21.2 Å². The number of nitrogens with one attached hydrogen (secondary N) is 1. The lowest BCUT2D eigenvalue weighted by Crippen LogP contribution is -2.38. The van der Waals surface area contributed by atoms with Gasteiger partial charge in [-0.3, -0.25) is 4.79 Å². The molecule has 20 heavy (non-hydrogen) atoms. The predicted octanol–water partition coefficient (Wildman–Crippen LogP) is 3.43. The largest absolute Gasteiger partial charge is 0.479 e. The number of rotatable bonds is 3. The first-order valence-corrected chi connectivity index (χ1v) is 7.28. The molecule has 1 N–H and O–H groups in total. The molecule has 0 saturated carbocycles. The Morgan fingerprint density at radius 2 is 1.95 bits per heavy atom. The van der Waals surface area contributed by atoms with Crippen LogP contribution in [0.25, 0.3) is 0 Å². The molecule has 1 aliphatic heterocycles. The van der Waals surface area contributed by atoms with Gasteiger partial charge in [0.15, 0.2) is 11.9 Å². The highest BCUT2D eigenvalue weighted by molar-refractivity contribution is 9.10. The Morgan fingerprint density at radius 1 is 1.20 bits per heavy atom. The predicted molar refractivity (Wildman–Crippen MR) is 82.2 cm³/mol. The summed E-state index contributed by atoms with van der Waals surface area (Å²) >= 11 is 3.39. The number of fused-ring (bicyclic) bond motifs is 1. The van der Waals surface area contributed by atoms with Crippen molar-refractivity contribution in [1.29, 1.82) is 0 Å². The molecule has 102 valence electrons. The number of hydrogen-bond donors (Lipinski definition) is 1. The second-order valence-electron chi connectivity index (χ2n) is 4.75. The molecule has 0 saturated heterocycles. The molecule has 2 aromatic carbocycles. The molecule has 0 bridgehead atoms. The van der Waals surface area contributed by atoms with Crippen LogP contribution in [0.15, 0.2) is 53.0 Å². The third kappa shape index (κ3) is 2.85. The minimum absolute atomic E-state index is 0.0920. The third-order valence-electron chi connectivity index (χ3n) is 3.28. The normalized spacial score (nSPS) is 16.8. The summed E-state index contributed by atoms with van der Waals surface area (Å²) in [6.45, 7) is 0.520. The molecule has 0 aliphatic carbocycles. The lowest BCUT2D eigenvalue weighted by molar-refractivity contribution is -0.124. The fraction of sp³-hybridized carbons (Fsp3) is 0.188. The number of para-hydroxylation sites is 2. The van der Waals surface area contributed by atoms with Crippen LogP contribution in [0.1, 0.15) is 5.56 Å². The molecule has 2 aromatic rings. The summed E-state index contributed by atoms with van der Waals surface area (Å²) in [6, 6.07) is 15.5. The molecule has 1 unspecified atom stereocenters. The van der Waals surface area contributed by atoms with Crippen LogP contribution in [0.3, 0.4) is 0 Å². The van der Waals surface area contributed by atoms with Crippen molar-refractivity contribution >= 4 is 27.4 Å². The molecule has 1 atom stereocenters. The summed E-state index contributed by atoms with van der Waals surface area (Å²) in [7, 11) is 0. The van der Waals surface area contributed by atoms with Gasteiger partial charge in [0.05, 0.1) is 12.2 Å². The Hall–Kier alpha value is -1.81. The van der Waals surface area contributed by atoms with Gasteiger partial charge >= 0.3 is 0 Å². The zero-order chi connectivity index (χ0) is 13.9. The second-order valence-corrected chi connectivity index (χ2v) is 5.67. The van der Waals surface area contributed by atoms with Crippen LogP contribution in [-0.2, 0) is 11.2 Å². The summed E-state index contributed by atoms with van der Waals surface area (Å²) < 4.78 is 6.78. The van der Waals surface area contributed by atoms with Gasteiger partial charge in [-0.1, -0.05) is 40.2 Å². The van der Waals surface area contributed by atoms with Crippen molar-refractivity contribution in [3.05, 3.63) is 58.6 Å². The quantitative estimate of drug-likeness (QED) is 0.936. The van der Waals surface area contributed by atoms with Gasteiger partial charge in [-0.05, 0) is 29.8 Å². The van der Waals surface area contributed by atoms with Gasteiger partial charge in [0.1, 0.15) is 5.75 Å². The van der Waals surface area contributed by atoms with E-state index in [4.69, 9.17) is 4.74 Å². The average molecular weight is 332 g/mol. The van der Waals surface area contributed by atoms with Crippen molar-refractivity contribution in [2.75, 3.05) is 11.9 Å². The number of benzene rings is 2. The smallest absolute Gasteiger partial charge is 0.179 e. The standard InChI is InChI=1S/C16H14BrNO2/c17-12-7-5-11(6-8-12)9-14(19)16-10-18-13-3-1-2-4-15(13)20-16/h1-8,16,18H,9-10H2. The molecule has 0 radical (unpaired) electrons. The summed E-state index contributed by atoms with van der Waals surface area (Å²) in [4.78, 5) is 12.3. The van der Waals surface area contributed by atoms with E-state index in [-0.39, 0.29) is 5.78 Å². The van der Waals surface area contributed by atoms with E-state index in [1.807, 2.05) is 48.5 Å². The summed E-state index contributed by atoms with van der Waals surface area (Å²) in [6.07, 6.45) is -0.0320. The highest BCUT2D eigenvalue weighted by atomic mass is 79.9. The second kappa shape index (κ2) is 5.67. The topological polar surface area (TPSA) is 38.3 Å². The number of carbonyl (C=O) groups excluding carboxylic acids is 1. The lowest BCUT2D eigenvalue weighted by Gasteiger charge is -2.26. The highest BCUT2D eigenvalue weighted by Crippen LogP contribution is 2.28. The summed E-state index contributed by atoms with van der Waals surface area (Å²) in [5.74, 6) is 0.835. The van der Waals surface area contributed by atoms with Gasteiger partial charge in [-0.25, -0.2) is 0 Å². The number of hydrogen-bond acceptors (Lipinski definition) is 3. The van der Waals surface area contributed by atoms with E-state index in [0.717, 1.165) is 21.5 Å². The van der Waals surface area contributed by atoms with Gasteiger partial charge in [-0.15, -0.1) is 0 Å². The Kier molecular flexibility index (Phi) is 3.74. The lowest BCUT2D eigenvalue weighted by atomic mass is 10.0. The molecule has 3 nitrogen and oxygen atoms in total. The van der Waals surface area contributed by atoms with Crippen LogP contribution in [0.2, 0.25) is 0 Å². The monoisotopic (exact) mass is 331 g/mol. The fourth-order valence-electron chi connectivity index (χ4n) is 2.21. The molecule has 1 heterocycles. The van der Waals surface area contributed by atoms with Gasteiger partial charge in [0.25, 0.3) is 0 Å². The molecule has 3 rings (SSSR count). The van der Waals surface area contributed by atoms with E-state index >= 15 is 0 Å². The van der Waals surface area contributed by atoms with Crippen molar-refractivity contribution < 1.29 is 9.53 Å². The van der Waals surface area contributed by atoms with Crippen molar-refractivity contribution in [1.82, 2.24) is 0 Å². The van der Waals surface area contributed by atoms with E-state index in [1.54, 1.807) is 0 Å². The molecule has 0 aromatic heterocycles. The molecule has 0 fully saturated rings. The van der Waals surface area contributed by atoms with Crippen molar-refractivity contribution in [3.8, 4) is 5.75 Å². The van der Waals surface area contributed by atoms with Crippen molar-refractivity contribution in [2.45, 2.75) is 12.5 Å². The Morgan fingerprint density at radius 3 is 2.75 bits per heavy atom. The number of halogens is 1. The van der Waals surface area contributed by atoms with Gasteiger partial charge in [0.2, 0.25) is 0 Å². The average Bonchev–Trinajstić information content (AvgIpc) is 2.49. The number of Topliss-reactive ketones (excluding diaryl/α,β-unsaturated/α-hetero) is 1. The van der Waals surface area contributed by atoms with Crippen LogP contribution in [0.5, 0.6) is 5.75 Å². The van der Waals surface area contributed by atoms with E-state index < -0.39 is 6.10 Å². The molecule has 4 heteroatoms. The maximum absolute atomic E-state index is 12.3. The van der Waals surface area contributed by atoms with Gasteiger partial charge < -0.3 is 10.1 Å². The zero-order valence-electron chi connectivity index (χ0n) is 10.8. The van der Waals surface area contributed by atoms with Crippen LogP contribution < -0.4 is 10.1 Å². The van der Waals surface area contributed by atoms with E-state index in [0.29, 0.717) is 13.0 Å². The fourth-order valence-corrected chi connectivity index (χ4v) is 2.47. The van der Waals surface area contributed by atoms with Crippen LogP contribution in [0.4, 0.5) is 5.69 Å². The Balaban J connectivity index is 1.68. The first-order chi connectivity index (χ1) is 9.72. The number of ketones is 1. The molecule has 0 amide bonds. The zero-order valence-corrected chi connectivity index (χ0v) is 12.4. The SMILES string of the molecule is O=C(Cc1ccc(Br)cc1)C1CNc2ccccc2O1. The van der Waals surface area contributed by atoms with Crippen LogP contribution in [0, 0.1) is 0 Å². The Bertz CT molecular complexity index is 625. The van der Waals surface area contributed by atoms with E-state index in [1.165, 1.54) is 0 Å². The number of ether oxygens (including phenoxy) is 1. The van der Waals surface area contributed by atoms with Gasteiger partial charge in [0, 0.05) is 10.9 Å².